The smallest absolute Gasteiger partial charge is 0.295 e. The monoisotopic (exact) mass is 976 g/mol. The molecule has 30 heteroatoms. The van der Waals surface area contributed by atoms with Crippen LogP contribution in [0.5, 0.6) is 0 Å². The molecular formula is C34H48N12O14S4. The number of aliphatic hydroxyl groups excluding tert-OH is 2. The lowest BCUT2D eigenvalue weighted by atomic mass is 9.95. The highest BCUT2D eigenvalue weighted by Crippen LogP contribution is 2.29. The third-order valence-electron chi connectivity index (χ3n) is 8.40. The van der Waals surface area contributed by atoms with Crippen molar-refractivity contribution in [3.8, 4) is 0 Å². The van der Waals surface area contributed by atoms with E-state index in [4.69, 9.17) is 9.11 Å². The van der Waals surface area contributed by atoms with Gasteiger partial charge in [-0.05, 0) is 35.4 Å². The molecule has 4 aromatic rings. The van der Waals surface area contributed by atoms with Crippen LogP contribution in [0.2, 0.25) is 0 Å². The van der Waals surface area contributed by atoms with Gasteiger partial charge in [-0.1, -0.05) is 52.0 Å². The van der Waals surface area contributed by atoms with Crippen molar-refractivity contribution in [2.45, 2.75) is 37.5 Å². The van der Waals surface area contributed by atoms with Crippen LogP contribution in [0.1, 0.15) is 38.8 Å². The maximum atomic E-state index is 12.6. The van der Waals surface area contributed by atoms with Crippen LogP contribution < -0.4 is 31.9 Å². The molecular weight excluding hydrogens is 929 g/mol. The minimum Gasteiger partial charge on any atom is -0.396 e. The van der Waals surface area contributed by atoms with Crippen molar-refractivity contribution in [2.24, 2.45) is 10.8 Å². The molecule has 2 heterocycles. The average molecular weight is 977 g/mol. The van der Waals surface area contributed by atoms with Gasteiger partial charge in [0.15, 0.2) is 0 Å². The molecule has 0 radical (unpaired) electrons. The van der Waals surface area contributed by atoms with Crippen LogP contribution in [0.4, 0.5) is 47.1 Å². The van der Waals surface area contributed by atoms with Gasteiger partial charge in [-0.15, -0.1) is 0 Å². The molecule has 4 rings (SSSR count). The third-order valence-corrected chi connectivity index (χ3v) is 11.7. The predicted octanol–water partition coefficient (Wildman–Crippen LogP) is 1.67. The summed E-state index contributed by atoms with van der Waals surface area (Å²) in [6, 6.07) is 7.23. The van der Waals surface area contributed by atoms with Crippen LogP contribution >= 0.6 is 0 Å². The lowest BCUT2D eigenvalue weighted by Crippen LogP contribution is -2.27. The minimum atomic E-state index is -4.97. The van der Waals surface area contributed by atoms with Gasteiger partial charge in [-0.2, -0.15) is 63.6 Å². The molecule has 352 valence electrons. The van der Waals surface area contributed by atoms with Gasteiger partial charge >= 0.3 is 0 Å². The molecule has 64 heavy (non-hydrogen) atoms. The summed E-state index contributed by atoms with van der Waals surface area (Å²) >= 11 is 0. The number of benzene rings is 2. The van der Waals surface area contributed by atoms with Gasteiger partial charge in [0, 0.05) is 61.6 Å². The fraction of sp³-hybridized carbons (Fsp3) is 0.412. The zero-order valence-corrected chi connectivity index (χ0v) is 37.8. The zero-order chi connectivity index (χ0) is 47.7. The topological polar surface area (TPSA) is 407 Å². The molecule has 0 aliphatic carbocycles. The summed E-state index contributed by atoms with van der Waals surface area (Å²) in [7, 11) is -18.6. The first-order chi connectivity index (χ1) is 29.5. The molecule has 0 aliphatic heterocycles. The SMILES string of the molecule is CC(C)(CO)CNc1nc(NCCS(=O)(=O)O)nc(Nc2ccc(C=Cc3ccc(Nc4nc(NCCS(=O)(=O)O)nc(NCC(C)(C)CO)n4)cc3S(=O)(=O)O)c(S(=O)(=O)O)c2)n1. The maximum Gasteiger partial charge on any atom is 0.295 e. The van der Waals surface area contributed by atoms with Crippen molar-refractivity contribution in [3.05, 3.63) is 47.5 Å². The minimum absolute atomic E-state index is 0.0149. The van der Waals surface area contributed by atoms with Gasteiger partial charge in [-0.25, -0.2) is 0 Å². The van der Waals surface area contributed by atoms with E-state index in [1.54, 1.807) is 27.7 Å². The molecule has 26 nitrogen and oxygen atoms in total. The second-order valence-electron chi connectivity index (χ2n) is 15.4. The number of aliphatic hydroxyl groups is 2. The molecule has 0 bridgehead atoms. The summed E-state index contributed by atoms with van der Waals surface area (Å²) in [5.41, 5.74) is -1.49. The molecule has 2 aromatic carbocycles. The maximum absolute atomic E-state index is 12.6. The quantitative estimate of drug-likeness (QED) is 0.0351. The highest BCUT2D eigenvalue weighted by Gasteiger charge is 2.22. The Morgan fingerprint density at radius 2 is 0.812 bits per heavy atom. The van der Waals surface area contributed by atoms with Crippen molar-refractivity contribution < 1.29 is 62.1 Å². The number of nitrogens with zero attached hydrogens (tertiary/aromatic N) is 6. The Labute approximate surface area is 368 Å². The van der Waals surface area contributed by atoms with Gasteiger partial charge in [0.25, 0.3) is 40.5 Å². The Balaban J connectivity index is 1.65. The summed E-state index contributed by atoms with van der Waals surface area (Å²) in [4.78, 5) is 23.7. The van der Waals surface area contributed by atoms with E-state index in [0.29, 0.717) is 0 Å². The number of hydrogen-bond acceptors (Lipinski definition) is 22. The number of rotatable bonds is 24. The lowest BCUT2D eigenvalue weighted by molar-refractivity contribution is 0.170. The van der Waals surface area contributed by atoms with E-state index >= 15 is 0 Å². The van der Waals surface area contributed by atoms with Crippen LogP contribution in [-0.4, -0.2) is 143 Å². The van der Waals surface area contributed by atoms with Crippen molar-refractivity contribution >= 4 is 99.7 Å². The average Bonchev–Trinajstić information content (AvgIpc) is 3.17. The standard InChI is InChI=1S/C34H48N12O14S4/c1-33(2,19-47)17-37-29-41-27(35-11-13-61(49,50)51)43-31(45-29)39-23-9-7-21(25(15-23)63(55,56)57)5-6-22-8-10-24(16-26(22)64(58,59)60)40-32-44-28(36-12-14-62(52,53)54)42-30(46-32)38-18-34(3,4)20-48/h5-10,15-16,47-48H,11-14,17-20H2,1-4H3,(H,49,50,51)(H,52,53,54)(H,55,56,57)(H,58,59,60)(H3,35,37,39,41,43,45)(H3,36,38,40,42,44,46). The molecule has 12 N–H and O–H groups in total. The summed E-state index contributed by atoms with van der Waals surface area (Å²) < 4.78 is 134. The first-order valence-corrected chi connectivity index (χ1v) is 24.7. The number of aromatic nitrogens is 6. The van der Waals surface area contributed by atoms with E-state index in [0.717, 1.165) is 24.3 Å². The molecule has 0 aliphatic rings. The zero-order valence-electron chi connectivity index (χ0n) is 34.5. The first kappa shape index (κ1) is 51.2. The van der Waals surface area contributed by atoms with Crippen LogP contribution in [0.15, 0.2) is 46.2 Å². The van der Waals surface area contributed by atoms with Gasteiger partial charge in [0.1, 0.15) is 9.79 Å². The molecule has 0 spiro atoms. The fourth-order valence-electron chi connectivity index (χ4n) is 4.90. The molecule has 0 atom stereocenters. The Morgan fingerprint density at radius 3 is 1.11 bits per heavy atom. The Morgan fingerprint density at radius 1 is 0.500 bits per heavy atom. The lowest BCUT2D eigenvalue weighted by Gasteiger charge is -2.22. The fourth-order valence-corrected chi connectivity index (χ4v) is 7.04. The molecule has 0 saturated carbocycles. The second kappa shape index (κ2) is 20.6. The first-order valence-electron chi connectivity index (χ1n) is 18.6. The summed E-state index contributed by atoms with van der Waals surface area (Å²) in [6.45, 7) is 6.35. The second-order valence-corrected chi connectivity index (χ2v) is 21.4. The highest BCUT2D eigenvalue weighted by molar-refractivity contribution is 7.86. The van der Waals surface area contributed by atoms with Gasteiger partial charge in [0.2, 0.25) is 35.7 Å². The normalized spacial score (nSPS) is 12.8. The van der Waals surface area contributed by atoms with Gasteiger partial charge < -0.3 is 42.1 Å². The predicted molar refractivity (Wildman–Crippen MR) is 236 cm³/mol. The van der Waals surface area contributed by atoms with Crippen molar-refractivity contribution in [2.75, 3.05) is 82.8 Å². The van der Waals surface area contributed by atoms with E-state index in [1.807, 2.05) is 0 Å². The molecule has 0 amide bonds. The summed E-state index contributed by atoms with van der Waals surface area (Å²) in [5.74, 6) is -2.13. The van der Waals surface area contributed by atoms with E-state index in [1.165, 1.54) is 24.3 Å². The number of hydrogen-bond donors (Lipinski definition) is 12. The number of nitrogens with one attached hydrogen (secondary N) is 6. The molecule has 0 fully saturated rings. The van der Waals surface area contributed by atoms with Crippen LogP contribution in [0, 0.1) is 10.8 Å². The number of anilines is 8. The van der Waals surface area contributed by atoms with E-state index in [9.17, 15) is 53.0 Å². The summed E-state index contributed by atoms with van der Waals surface area (Å²) in [6.07, 6.45) is 2.30. The Kier molecular flexibility index (Phi) is 16.5. The highest BCUT2D eigenvalue weighted by atomic mass is 32.2. The Hall–Kier alpha value is -5.44. The largest absolute Gasteiger partial charge is 0.396 e. The molecule has 2 aromatic heterocycles. The van der Waals surface area contributed by atoms with Crippen molar-refractivity contribution in [1.29, 1.82) is 0 Å². The third kappa shape index (κ3) is 16.9. The van der Waals surface area contributed by atoms with E-state index in [-0.39, 0.29) is 97.6 Å². The molecule has 0 saturated heterocycles. The van der Waals surface area contributed by atoms with Crippen LogP contribution in [-0.2, 0) is 40.5 Å². The van der Waals surface area contributed by atoms with Gasteiger partial charge in [0.05, 0.1) is 11.5 Å². The summed E-state index contributed by atoms with van der Waals surface area (Å²) in [5, 5.41) is 35.9. The van der Waals surface area contributed by atoms with E-state index in [2.05, 4.69) is 61.8 Å². The molecule has 0 unspecified atom stereocenters. The van der Waals surface area contributed by atoms with E-state index < -0.39 is 72.6 Å². The Bertz CT molecular complexity index is 2610. The van der Waals surface area contributed by atoms with Crippen molar-refractivity contribution in [1.82, 2.24) is 29.9 Å². The van der Waals surface area contributed by atoms with Crippen LogP contribution in [0.3, 0.4) is 0 Å². The van der Waals surface area contributed by atoms with Crippen molar-refractivity contribution in [3.63, 3.8) is 0 Å². The van der Waals surface area contributed by atoms with Crippen LogP contribution in [0.25, 0.3) is 12.2 Å². The van der Waals surface area contributed by atoms with Gasteiger partial charge in [-0.3, -0.25) is 18.2 Å².